The van der Waals surface area contributed by atoms with Gasteiger partial charge in [-0.05, 0) is 61.0 Å². The molecule has 0 unspecified atom stereocenters. The number of hydrogen-bond donors (Lipinski definition) is 3. The van der Waals surface area contributed by atoms with E-state index in [0.29, 0.717) is 40.6 Å². The van der Waals surface area contributed by atoms with Gasteiger partial charge >= 0.3 is 6.03 Å². The number of halogens is 1. The first-order chi connectivity index (χ1) is 16.4. The van der Waals surface area contributed by atoms with Crippen molar-refractivity contribution in [2.45, 2.75) is 20.3 Å². The zero-order valence-corrected chi connectivity index (χ0v) is 18.7. The molecule has 7 nitrogen and oxygen atoms in total. The number of aromatic nitrogens is 2. The smallest absolute Gasteiger partial charge is 0.323 e. The van der Waals surface area contributed by atoms with Gasteiger partial charge in [-0.15, -0.1) is 0 Å². The zero-order chi connectivity index (χ0) is 24.1. The van der Waals surface area contributed by atoms with E-state index in [2.05, 4.69) is 20.6 Å². The number of rotatable bonds is 7. The number of amides is 2. The Morgan fingerprint density at radius 2 is 1.79 bits per heavy atom. The number of H-pyrrole nitrogens is 1. The number of ether oxygens (including phenoxy) is 1. The highest BCUT2D eigenvalue weighted by Gasteiger charge is 2.10. The Hall–Kier alpha value is -4.46. The monoisotopic (exact) mass is 458 g/mol. The van der Waals surface area contributed by atoms with Crippen LogP contribution in [0.4, 0.5) is 20.6 Å². The molecule has 0 spiro atoms. The van der Waals surface area contributed by atoms with Gasteiger partial charge in [-0.2, -0.15) is 0 Å². The van der Waals surface area contributed by atoms with E-state index in [0.717, 1.165) is 11.3 Å². The number of pyridine rings is 1. The normalized spacial score (nSPS) is 10.6. The van der Waals surface area contributed by atoms with Crippen LogP contribution in [0.15, 0.2) is 73.1 Å². The minimum Gasteiger partial charge on any atom is -0.457 e. The molecule has 2 amide bonds. The van der Waals surface area contributed by atoms with Gasteiger partial charge in [0.2, 0.25) is 0 Å². The topological polar surface area (TPSA) is 96.1 Å². The van der Waals surface area contributed by atoms with Crippen molar-refractivity contribution in [1.82, 2.24) is 9.97 Å². The molecular weight excluding hydrogens is 435 g/mol. The van der Waals surface area contributed by atoms with Crippen LogP contribution in [-0.4, -0.2) is 21.8 Å². The zero-order valence-electron chi connectivity index (χ0n) is 18.7. The van der Waals surface area contributed by atoms with Gasteiger partial charge in [-0.25, -0.2) is 9.18 Å². The fraction of sp³-hybridized carbons (Fsp3) is 0.115. The Morgan fingerprint density at radius 3 is 2.56 bits per heavy atom. The second-order valence-electron chi connectivity index (χ2n) is 7.62. The molecule has 34 heavy (non-hydrogen) atoms. The molecule has 4 rings (SSSR count). The number of nitrogens with one attached hydrogen (secondary N) is 3. The van der Waals surface area contributed by atoms with Crippen molar-refractivity contribution < 1.29 is 18.7 Å². The minimum atomic E-state index is -0.479. The van der Waals surface area contributed by atoms with Gasteiger partial charge < -0.3 is 20.4 Å². The lowest BCUT2D eigenvalue weighted by molar-refractivity contribution is 0.0988. The van der Waals surface area contributed by atoms with E-state index in [-0.39, 0.29) is 5.78 Å². The van der Waals surface area contributed by atoms with E-state index in [4.69, 9.17) is 4.74 Å². The summed E-state index contributed by atoms with van der Waals surface area (Å²) in [5.74, 6) is 0.775. The van der Waals surface area contributed by atoms with E-state index in [1.807, 2.05) is 6.92 Å². The van der Waals surface area contributed by atoms with Crippen LogP contribution in [0.1, 0.15) is 29.3 Å². The predicted octanol–water partition coefficient (Wildman–Crippen LogP) is 6.55. The molecule has 0 aliphatic rings. The summed E-state index contributed by atoms with van der Waals surface area (Å²) in [5.41, 5.74) is 3.69. The molecule has 2 aromatic carbocycles. The average Bonchev–Trinajstić information content (AvgIpc) is 3.33. The first kappa shape index (κ1) is 22.7. The van der Waals surface area contributed by atoms with Gasteiger partial charge in [0.1, 0.15) is 17.3 Å². The van der Waals surface area contributed by atoms with Crippen molar-refractivity contribution in [3.05, 3.63) is 90.0 Å². The van der Waals surface area contributed by atoms with Gasteiger partial charge in [0.25, 0.3) is 0 Å². The van der Waals surface area contributed by atoms with Crippen LogP contribution in [0.5, 0.6) is 11.5 Å². The highest BCUT2D eigenvalue weighted by atomic mass is 19.1. The van der Waals surface area contributed by atoms with Crippen molar-refractivity contribution in [1.29, 1.82) is 0 Å². The van der Waals surface area contributed by atoms with Gasteiger partial charge in [0.15, 0.2) is 5.78 Å². The molecule has 0 radical (unpaired) electrons. The third-order valence-corrected chi connectivity index (χ3v) is 5.13. The standard InChI is InChI=1S/C26H23FN4O3/c1-3-25(32)17-12-23(29-15-17)24-14-21(10-11-28-24)34-20-8-6-19(7-9-20)30-26(33)31-22-13-18(27)5-4-16(22)2/h4-15,29H,3H2,1-2H3,(H2,30,31,33). The Labute approximate surface area is 196 Å². The van der Waals surface area contributed by atoms with Crippen LogP contribution in [0, 0.1) is 12.7 Å². The molecule has 2 aromatic heterocycles. The fourth-order valence-electron chi connectivity index (χ4n) is 3.29. The summed E-state index contributed by atoms with van der Waals surface area (Å²) in [6.45, 7) is 3.60. The number of aromatic amines is 1. The number of ketones is 1. The number of hydrogen-bond acceptors (Lipinski definition) is 4. The van der Waals surface area contributed by atoms with Crippen LogP contribution >= 0.6 is 0 Å². The summed E-state index contributed by atoms with van der Waals surface area (Å²) >= 11 is 0. The molecule has 4 aromatic rings. The first-order valence-electron chi connectivity index (χ1n) is 10.7. The maximum atomic E-state index is 13.4. The first-order valence-corrected chi connectivity index (χ1v) is 10.7. The molecule has 0 fully saturated rings. The van der Waals surface area contributed by atoms with Gasteiger partial charge in [0, 0.05) is 41.8 Å². The Bertz CT molecular complexity index is 1330. The van der Waals surface area contributed by atoms with Crippen molar-refractivity contribution in [2.75, 3.05) is 10.6 Å². The second kappa shape index (κ2) is 9.99. The summed E-state index contributed by atoms with van der Waals surface area (Å²) in [5, 5.41) is 5.34. The van der Waals surface area contributed by atoms with E-state index < -0.39 is 11.8 Å². The van der Waals surface area contributed by atoms with E-state index in [9.17, 15) is 14.0 Å². The number of nitrogens with zero attached hydrogens (tertiary/aromatic N) is 1. The third kappa shape index (κ3) is 5.47. The molecular formula is C26H23FN4O3. The van der Waals surface area contributed by atoms with E-state index in [1.165, 1.54) is 12.1 Å². The van der Waals surface area contributed by atoms with Crippen LogP contribution in [0.3, 0.4) is 0 Å². The predicted molar refractivity (Wildman–Crippen MR) is 129 cm³/mol. The number of benzene rings is 2. The SMILES string of the molecule is CCC(=O)c1c[nH]c(-c2cc(Oc3ccc(NC(=O)Nc4cc(F)ccc4C)cc3)ccn2)c1. The largest absolute Gasteiger partial charge is 0.457 e. The van der Waals surface area contributed by atoms with Gasteiger partial charge in [-0.1, -0.05) is 13.0 Å². The Kier molecular flexibility index (Phi) is 6.68. The summed E-state index contributed by atoms with van der Waals surface area (Å²) in [6, 6.07) is 15.8. The lowest BCUT2D eigenvalue weighted by Gasteiger charge is -2.11. The molecule has 0 aliphatic carbocycles. The number of carbonyl (C=O) groups excluding carboxylic acids is 2. The Morgan fingerprint density at radius 1 is 1.00 bits per heavy atom. The van der Waals surface area contributed by atoms with Crippen LogP contribution in [-0.2, 0) is 0 Å². The van der Waals surface area contributed by atoms with E-state index in [1.54, 1.807) is 67.8 Å². The third-order valence-electron chi connectivity index (χ3n) is 5.13. The van der Waals surface area contributed by atoms with Crippen molar-refractivity contribution in [3.8, 4) is 22.9 Å². The molecule has 172 valence electrons. The molecule has 2 heterocycles. The summed E-state index contributed by atoms with van der Waals surface area (Å²) in [4.78, 5) is 31.5. The maximum absolute atomic E-state index is 13.4. The highest BCUT2D eigenvalue weighted by molar-refractivity contribution is 6.00. The van der Waals surface area contributed by atoms with Crippen molar-refractivity contribution >= 4 is 23.2 Å². The van der Waals surface area contributed by atoms with E-state index >= 15 is 0 Å². The number of carbonyl (C=O) groups is 2. The highest BCUT2D eigenvalue weighted by Crippen LogP contribution is 2.27. The molecule has 8 heteroatoms. The molecule has 0 atom stereocenters. The molecule has 0 bridgehead atoms. The number of aryl methyl sites for hydroxylation is 1. The number of anilines is 2. The van der Waals surface area contributed by atoms with Gasteiger partial charge in [-0.3, -0.25) is 9.78 Å². The Balaban J connectivity index is 1.39. The molecule has 0 saturated carbocycles. The van der Waals surface area contributed by atoms with Gasteiger partial charge in [0.05, 0.1) is 11.4 Å². The second-order valence-corrected chi connectivity index (χ2v) is 7.62. The summed E-state index contributed by atoms with van der Waals surface area (Å²) in [6.07, 6.45) is 3.74. The summed E-state index contributed by atoms with van der Waals surface area (Å²) < 4.78 is 19.3. The van der Waals surface area contributed by atoms with Crippen LogP contribution in [0.2, 0.25) is 0 Å². The lowest BCUT2D eigenvalue weighted by atomic mass is 10.1. The van der Waals surface area contributed by atoms with Crippen molar-refractivity contribution in [2.24, 2.45) is 0 Å². The molecule has 3 N–H and O–H groups in total. The number of Topliss-reactive ketones (excluding diaryl/α,β-unsaturated/α-hetero) is 1. The van der Waals surface area contributed by atoms with Crippen LogP contribution in [0.25, 0.3) is 11.4 Å². The fourth-order valence-corrected chi connectivity index (χ4v) is 3.29. The maximum Gasteiger partial charge on any atom is 0.323 e. The average molecular weight is 458 g/mol. The lowest BCUT2D eigenvalue weighted by Crippen LogP contribution is -2.20. The van der Waals surface area contributed by atoms with Crippen molar-refractivity contribution in [3.63, 3.8) is 0 Å². The number of urea groups is 1. The molecule has 0 saturated heterocycles. The minimum absolute atomic E-state index is 0.0587. The summed E-state index contributed by atoms with van der Waals surface area (Å²) in [7, 11) is 0. The molecule has 0 aliphatic heterocycles. The van der Waals surface area contributed by atoms with Crippen LogP contribution < -0.4 is 15.4 Å². The quantitative estimate of drug-likeness (QED) is 0.274.